The minimum Gasteiger partial charge on any atom is -0.494 e. The van der Waals surface area contributed by atoms with Gasteiger partial charge in [0, 0.05) is 0 Å². The van der Waals surface area contributed by atoms with E-state index in [-0.39, 0.29) is 5.13 Å². The molecule has 0 saturated carbocycles. The zero-order chi connectivity index (χ0) is 15.7. The quantitative estimate of drug-likeness (QED) is 0.798. The standard InChI is InChI=1S/C15H10F2N2O2S/c1-21-10-6-3-7-11-13(10)18-15(22-11)19-14(20)12-8(16)4-2-5-9(12)17/h2-7H,1H3,(H,18,19,20). The van der Waals surface area contributed by atoms with Crippen molar-refractivity contribution in [2.45, 2.75) is 0 Å². The molecule has 0 radical (unpaired) electrons. The van der Waals surface area contributed by atoms with Gasteiger partial charge in [0.05, 0.1) is 11.8 Å². The summed E-state index contributed by atoms with van der Waals surface area (Å²) in [7, 11) is 1.51. The minimum atomic E-state index is -0.920. The van der Waals surface area contributed by atoms with Crippen LogP contribution in [0.5, 0.6) is 5.75 Å². The SMILES string of the molecule is COc1cccc2sc(NC(=O)c3c(F)cccc3F)nc12. The predicted octanol–water partition coefficient (Wildman–Crippen LogP) is 3.84. The Balaban J connectivity index is 1.95. The lowest BCUT2D eigenvalue weighted by atomic mass is 10.2. The van der Waals surface area contributed by atoms with E-state index in [0.29, 0.717) is 11.3 Å². The summed E-state index contributed by atoms with van der Waals surface area (Å²) in [6.07, 6.45) is 0. The second kappa shape index (κ2) is 5.69. The molecular formula is C15H10F2N2O2S. The van der Waals surface area contributed by atoms with Gasteiger partial charge in [0.15, 0.2) is 5.13 Å². The van der Waals surface area contributed by atoms with Crippen molar-refractivity contribution in [3.05, 3.63) is 53.6 Å². The molecule has 22 heavy (non-hydrogen) atoms. The van der Waals surface area contributed by atoms with Crippen molar-refractivity contribution < 1.29 is 18.3 Å². The Hall–Kier alpha value is -2.54. The number of methoxy groups -OCH3 is 1. The van der Waals surface area contributed by atoms with Crippen LogP contribution in [0.4, 0.5) is 13.9 Å². The van der Waals surface area contributed by atoms with Gasteiger partial charge in [-0.05, 0) is 24.3 Å². The number of halogens is 2. The molecule has 1 N–H and O–H groups in total. The molecule has 0 bridgehead atoms. The molecule has 1 heterocycles. The fraction of sp³-hybridized carbons (Fsp3) is 0.0667. The summed E-state index contributed by atoms with van der Waals surface area (Å²) in [6.45, 7) is 0. The Morgan fingerprint density at radius 2 is 1.86 bits per heavy atom. The smallest absolute Gasteiger partial charge is 0.263 e. The second-order valence-electron chi connectivity index (χ2n) is 4.38. The molecule has 0 spiro atoms. The maximum absolute atomic E-state index is 13.6. The lowest BCUT2D eigenvalue weighted by Crippen LogP contribution is -2.15. The van der Waals surface area contributed by atoms with Crippen molar-refractivity contribution in [3.8, 4) is 5.75 Å². The highest BCUT2D eigenvalue weighted by Crippen LogP contribution is 2.32. The Morgan fingerprint density at radius 3 is 2.55 bits per heavy atom. The van der Waals surface area contributed by atoms with Crippen molar-refractivity contribution in [1.29, 1.82) is 0 Å². The van der Waals surface area contributed by atoms with E-state index in [1.54, 1.807) is 12.1 Å². The molecule has 3 aromatic rings. The number of rotatable bonds is 3. The van der Waals surface area contributed by atoms with Crippen LogP contribution in [0.1, 0.15) is 10.4 Å². The molecule has 3 rings (SSSR count). The van der Waals surface area contributed by atoms with Crippen LogP contribution in [-0.4, -0.2) is 18.0 Å². The third kappa shape index (κ3) is 2.50. The summed E-state index contributed by atoms with van der Waals surface area (Å²) in [5.74, 6) is -2.16. The number of anilines is 1. The molecule has 0 unspecified atom stereocenters. The van der Waals surface area contributed by atoms with E-state index in [0.717, 1.165) is 16.8 Å². The van der Waals surface area contributed by atoms with Gasteiger partial charge in [0.1, 0.15) is 28.5 Å². The number of hydrogen-bond donors (Lipinski definition) is 1. The first-order valence-corrected chi connectivity index (χ1v) is 7.10. The molecule has 1 amide bonds. The number of nitrogens with one attached hydrogen (secondary N) is 1. The largest absolute Gasteiger partial charge is 0.494 e. The molecule has 7 heteroatoms. The van der Waals surface area contributed by atoms with Crippen molar-refractivity contribution in [1.82, 2.24) is 4.98 Å². The van der Waals surface area contributed by atoms with Gasteiger partial charge >= 0.3 is 0 Å². The van der Waals surface area contributed by atoms with Gasteiger partial charge in [0.25, 0.3) is 5.91 Å². The molecule has 0 atom stereocenters. The van der Waals surface area contributed by atoms with Crippen LogP contribution >= 0.6 is 11.3 Å². The summed E-state index contributed by atoms with van der Waals surface area (Å²) in [6, 6.07) is 8.60. The van der Waals surface area contributed by atoms with E-state index in [1.807, 2.05) is 6.07 Å². The monoisotopic (exact) mass is 320 g/mol. The first-order chi connectivity index (χ1) is 10.6. The van der Waals surface area contributed by atoms with Crippen LogP contribution in [0.25, 0.3) is 10.2 Å². The normalized spacial score (nSPS) is 10.7. The Morgan fingerprint density at radius 1 is 1.18 bits per heavy atom. The van der Waals surface area contributed by atoms with Crippen LogP contribution in [0, 0.1) is 11.6 Å². The number of carbonyl (C=O) groups excluding carboxylic acids is 1. The molecule has 0 fully saturated rings. The molecule has 0 aliphatic carbocycles. The minimum absolute atomic E-state index is 0.243. The fourth-order valence-corrected chi connectivity index (χ4v) is 2.89. The number of benzene rings is 2. The Labute approximate surface area is 128 Å². The summed E-state index contributed by atoms with van der Waals surface area (Å²) in [5.41, 5.74) is -0.0481. The van der Waals surface area contributed by atoms with Gasteiger partial charge in [-0.15, -0.1) is 0 Å². The summed E-state index contributed by atoms with van der Waals surface area (Å²) in [4.78, 5) is 16.3. The topological polar surface area (TPSA) is 51.2 Å². The third-order valence-electron chi connectivity index (χ3n) is 3.01. The van der Waals surface area contributed by atoms with E-state index in [4.69, 9.17) is 4.74 Å². The zero-order valence-electron chi connectivity index (χ0n) is 11.4. The molecule has 1 aromatic heterocycles. The van der Waals surface area contributed by atoms with E-state index in [9.17, 15) is 13.6 Å². The highest BCUT2D eigenvalue weighted by molar-refractivity contribution is 7.22. The van der Waals surface area contributed by atoms with Crippen molar-refractivity contribution in [2.75, 3.05) is 12.4 Å². The number of ether oxygens (including phenoxy) is 1. The maximum Gasteiger partial charge on any atom is 0.263 e. The average Bonchev–Trinajstić information content (AvgIpc) is 2.89. The van der Waals surface area contributed by atoms with Gasteiger partial charge in [-0.3, -0.25) is 10.1 Å². The van der Waals surface area contributed by atoms with Crippen LogP contribution < -0.4 is 10.1 Å². The van der Waals surface area contributed by atoms with E-state index in [2.05, 4.69) is 10.3 Å². The number of thiazole rings is 1. The van der Waals surface area contributed by atoms with Crippen molar-refractivity contribution >= 4 is 32.6 Å². The fourth-order valence-electron chi connectivity index (χ4n) is 2.02. The number of fused-ring (bicyclic) bond motifs is 1. The molecule has 4 nitrogen and oxygen atoms in total. The van der Waals surface area contributed by atoms with E-state index >= 15 is 0 Å². The first-order valence-electron chi connectivity index (χ1n) is 6.29. The maximum atomic E-state index is 13.6. The zero-order valence-corrected chi connectivity index (χ0v) is 12.2. The van der Waals surface area contributed by atoms with Gasteiger partial charge in [-0.25, -0.2) is 13.8 Å². The van der Waals surface area contributed by atoms with Gasteiger partial charge < -0.3 is 4.74 Å². The van der Waals surface area contributed by atoms with Gasteiger partial charge in [0.2, 0.25) is 0 Å². The van der Waals surface area contributed by atoms with Crippen LogP contribution in [0.2, 0.25) is 0 Å². The Bertz CT molecular complexity index is 844. The predicted molar refractivity (Wildman–Crippen MR) is 80.5 cm³/mol. The number of amides is 1. The van der Waals surface area contributed by atoms with Crippen LogP contribution in [0.15, 0.2) is 36.4 Å². The molecular weight excluding hydrogens is 310 g/mol. The highest BCUT2D eigenvalue weighted by atomic mass is 32.1. The van der Waals surface area contributed by atoms with Gasteiger partial charge in [-0.2, -0.15) is 0 Å². The number of para-hydroxylation sites is 1. The van der Waals surface area contributed by atoms with Crippen LogP contribution in [-0.2, 0) is 0 Å². The summed E-state index contributed by atoms with van der Waals surface area (Å²) in [5, 5.41) is 2.66. The van der Waals surface area contributed by atoms with E-state index < -0.39 is 23.1 Å². The van der Waals surface area contributed by atoms with E-state index in [1.165, 1.54) is 24.5 Å². The van der Waals surface area contributed by atoms with Gasteiger partial charge in [-0.1, -0.05) is 23.5 Å². The van der Waals surface area contributed by atoms with Crippen molar-refractivity contribution in [3.63, 3.8) is 0 Å². The second-order valence-corrected chi connectivity index (χ2v) is 5.41. The molecule has 0 saturated heterocycles. The number of hydrogen-bond acceptors (Lipinski definition) is 4. The summed E-state index contributed by atoms with van der Waals surface area (Å²) >= 11 is 1.19. The lowest BCUT2D eigenvalue weighted by Gasteiger charge is -2.04. The number of aromatic nitrogens is 1. The molecule has 0 aliphatic rings. The Kier molecular flexibility index (Phi) is 3.72. The number of carbonyl (C=O) groups is 1. The molecule has 2 aromatic carbocycles. The molecule has 0 aliphatic heterocycles. The summed E-state index contributed by atoms with van der Waals surface area (Å²) < 4.78 is 33.2. The van der Waals surface area contributed by atoms with Crippen LogP contribution in [0.3, 0.4) is 0 Å². The van der Waals surface area contributed by atoms with Crippen molar-refractivity contribution in [2.24, 2.45) is 0 Å². The number of nitrogens with zero attached hydrogens (tertiary/aromatic N) is 1. The third-order valence-corrected chi connectivity index (χ3v) is 3.95. The molecule has 112 valence electrons. The average molecular weight is 320 g/mol. The highest BCUT2D eigenvalue weighted by Gasteiger charge is 2.19. The lowest BCUT2D eigenvalue weighted by molar-refractivity contribution is 0.101. The first kappa shape index (κ1) is 14.4.